The number of aromatic nitrogens is 2. The summed E-state index contributed by atoms with van der Waals surface area (Å²) in [6, 6.07) is 10.2. The van der Waals surface area contributed by atoms with E-state index >= 15 is 0 Å². The van der Waals surface area contributed by atoms with Crippen LogP contribution in [0.1, 0.15) is 25.3 Å². The molecule has 24 heavy (non-hydrogen) atoms. The molecule has 1 unspecified atom stereocenters. The van der Waals surface area contributed by atoms with Gasteiger partial charge in [-0.3, -0.25) is 4.72 Å². The van der Waals surface area contributed by atoms with Gasteiger partial charge in [-0.2, -0.15) is 0 Å². The number of nitrogens with zero attached hydrogens (tertiary/aromatic N) is 3. The van der Waals surface area contributed by atoms with Gasteiger partial charge in [-0.25, -0.2) is 8.42 Å². The predicted molar refractivity (Wildman–Crippen MR) is 94.6 cm³/mol. The Labute approximate surface area is 143 Å². The largest absolute Gasteiger partial charge is 0.355 e. The van der Waals surface area contributed by atoms with Crippen LogP contribution in [-0.2, 0) is 10.0 Å². The number of hydrogen-bond acceptors (Lipinski definition) is 5. The van der Waals surface area contributed by atoms with Crippen molar-refractivity contribution in [2.75, 3.05) is 22.7 Å². The second-order valence-corrected chi connectivity index (χ2v) is 8.07. The van der Waals surface area contributed by atoms with Gasteiger partial charge < -0.3 is 4.90 Å². The van der Waals surface area contributed by atoms with Crippen molar-refractivity contribution in [2.45, 2.75) is 31.6 Å². The molecule has 7 heteroatoms. The first kappa shape index (κ1) is 16.7. The summed E-state index contributed by atoms with van der Waals surface area (Å²) in [4.78, 5) is 2.42. The molecule has 6 nitrogen and oxygen atoms in total. The highest BCUT2D eigenvalue weighted by atomic mass is 32.2. The first-order chi connectivity index (χ1) is 11.4. The molecule has 1 fully saturated rings. The topological polar surface area (TPSA) is 75.2 Å². The minimum atomic E-state index is -3.65. The highest BCUT2D eigenvalue weighted by Crippen LogP contribution is 2.22. The summed E-state index contributed by atoms with van der Waals surface area (Å²) in [5.41, 5.74) is 0.888. The maximum absolute atomic E-state index is 12.4. The van der Waals surface area contributed by atoms with Gasteiger partial charge in [0.2, 0.25) is 0 Å². The first-order valence-electron chi connectivity index (χ1n) is 8.12. The molecule has 0 amide bonds. The zero-order chi connectivity index (χ0) is 17.2. The SMILES string of the molecule is Cc1cccc(S(=O)(=O)Nc2ccc(N3CCCC(C)C3)nn2)c1. The molecule has 3 rings (SSSR count). The highest BCUT2D eigenvalue weighted by molar-refractivity contribution is 7.92. The Morgan fingerprint density at radius 3 is 2.71 bits per heavy atom. The van der Waals surface area contributed by atoms with Crippen molar-refractivity contribution in [3.8, 4) is 0 Å². The normalized spacial score (nSPS) is 18.4. The molecule has 1 aliphatic rings. The van der Waals surface area contributed by atoms with Crippen LogP contribution in [0.3, 0.4) is 0 Å². The number of piperidine rings is 1. The molecule has 0 saturated carbocycles. The van der Waals surface area contributed by atoms with Crippen molar-refractivity contribution in [1.82, 2.24) is 10.2 Å². The predicted octanol–water partition coefficient (Wildman–Crippen LogP) is 2.82. The fraction of sp³-hybridized carbons (Fsp3) is 0.412. The Kier molecular flexibility index (Phi) is 4.71. The van der Waals surface area contributed by atoms with Crippen molar-refractivity contribution in [3.05, 3.63) is 42.0 Å². The molecule has 0 bridgehead atoms. The fourth-order valence-corrected chi connectivity index (χ4v) is 4.03. The monoisotopic (exact) mass is 346 g/mol. The number of rotatable bonds is 4. The Hall–Kier alpha value is -2.15. The molecule has 0 radical (unpaired) electrons. The van der Waals surface area contributed by atoms with Gasteiger partial charge in [-0.1, -0.05) is 19.1 Å². The number of hydrogen-bond donors (Lipinski definition) is 1. The van der Waals surface area contributed by atoms with Gasteiger partial charge in [0.25, 0.3) is 10.0 Å². The molecule has 0 spiro atoms. The van der Waals surface area contributed by atoms with E-state index in [-0.39, 0.29) is 10.7 Å². The molecule has 0 aliphatic carbocycles. The Balaban J connectivity index is 1.74. The first-order valence-corrected chi connectivity index (χ1v) is 9.60. The van der Waals surface area contributed by atoms with Gasteiger partial charge in [-0.05, 0) is 55.5 Å². The van der Waals surface area contributed by atoms with E-state index in [1.165, 1.54) is 6.42 Å². The van der Waals surface area contributed by atoms with Crippen LogP contribution in [0, 0.1) is 12.8 Å². The van der Waals surface area contributed by atoms with Crippen molar-refractivity contribution >= 4 is 21.7 Å². The Morgan fingerprint density at radius 2 is 2.04 bits per heavy atom. The maximum Gasteiger partial charge on any atom is 0.263 e. The van der Waals surface area contributed by atoms with E-state index in [1.807, 2.05) is 19.1 Å². The van der Waals surface area contributed by atoms with Crippen LogP contribution in [-0.4, -0.2) is 31.7 Å². The number of anilines is 2. The Bertz CT molecular complexity index is 806. The van der Waals surface area contributed by atoms with Crippen LogP contribution in [0.4, 0.5) is 11.6 Å². The van der Waals surface area contributed by atoms with E-state index in [2.05, 4.69) is 26.7 Å². The van der Waals surface area contributed by atoms with Crippen LogP contribution in [0.15, 0.2) is 41.3 Å². The summed E-state index contributed by atoms with van der Waals surface area (Å²) >= 11 is 0. The zero-order valence-corrected chi connectivity index (χ0v) is 14.8. The number of sulfonamides is 1. The van der Waals surface area contributed by atoms with Gasteiger partial charge in [0, 0.05) is 13.1 Å². The van der Waals surface area contributed by atoms with Gasteiger partial charge in [0.15, 0.2) is 11.6 Å². The van der Waals surface area contributed by atoms with Gasteiger partial charge in [0.05, 0.1) is 4.90 Å². The third-order valence-electron chi connectivity index (χ3n) is 4.17. The highest BCUT2D eigenvalue weighted by Gasteiger charge is 2.19. The molecule has 1 atom stereocenters. The molecular weight excluding hydrogens is 324 g/mol. The molecule has 1 aromatic heterocycles. The van der Waals surface area contributed by atoms with Gasteiger partial charge in [0.1, 0.15) is 0 Å². The lowest BCUT2D eigenvalue weighted by Gasteiger charge is -2.31. The van der Waals surface area contributed by atoms with Crippen molar-refractivity contribution < 1.29 is 8.42 Å². The molecule has 128 valence electrons. The molecule has 1 aliphatic heterocycles. The minimum Gasteiger partial charge on any atom is -0.355 e. The smallest absolute Gasteiger partial charge is 0.263 e. The lowest BCUT2D eigenvalue weighted by atomic mass is 10.0. The average molecular weight is 346 g/mol. The van der Waals surface area contributed by atoms with Crippen LogP contribution in [0.2, 0.25) is 0 Å². The van der Waals surface area contributed by atoms with Crippen LogP contribution >= 0.6 is 0 Å². The summed E-state index contributed by atoms with van der Waals surface area (Å²) in [6.45, 7) is 6.01. The summed E-state index contributed by atoms with van der Waals surface area (Å²) in [6.07, 6.45) is 2.38. The van der Waals surface area contributed by atoms with E-state index in [9.17, 15) is 8.42 Å². The number of benzene rings is 1. The average Bonchev–Trinajstić information content (AvgIpc) is 2.55. The lowest BCUT2D eigenvalue weighted by molar-refractivity contribution is 0.444. The number of aryl methyl sites for hydroxylation is 1. The van der Waals surface area contributed by atoms with E-state index in [0.717, 1.165) is 30.9 Å². The van der Waals surface area contributed by atoms with E-state index in [4.69, 9.17) is 0 Å². The molecular formula is C17H22N4O2S. The summed E-state index contributed by atoms with van der Waals surface area (Å²) in [5, 5.41) is 8.21. The maximum atomic E-state index is 12.4. The zero-order valence-electron chi connectivity index (χ0n) is 13.9. The molecule has 1 aromatic carbocycles. The second-order valence-electron chi connectivity index (χ2n) is 6.39. The molecule has 1 saturated heterocycles. The molecule has 2 heterocycles. The molecule has 1 N–H and O–H groups in total. The minimum absolute atomic E-state index is 0.221. The standard InChI is InChI=1S/C17H22N4O2S/c1-13-5-3-7-15(11-13)24(22,23)20-16-8-9-17(19-18-16)21-10-4-6-14(2)12-21/h3,5,7-9,11,14H,4,6,10,12H2,1-2H3,(H,18,20). The second kappa shape index (κ2) is 6.76. The van der Waals surface area contributed by atoms with Crippen molar-refractivity contribution in [1.29, 1.82) is 0 Å². The third kappa shape index (κ3) is 3.84. The van der Waals surface area contributed by atoms with Crippen molar-refractivity contribution in [3.63, 3.8) is 0 Å². The Morgan fingerprint density at radius 1 is 1.21 bits per heavy atom. The third-order valence-corrected chi connectivity index (χ3v) is 5.52. The van der Waals surface area contributed by atoms with Crippen molar-refractivity contribution in [2.24, 2.45) is 5.92 Å². The summed E-state index contributed by atoms with van der Waals surface area (Å²) in [7, 11) is -3.65. The van der Waals surface area contributed by atoms with Gasteiger partial charge in [-0.15, -0.1) is 10.2 Å². The van der Waals surface area contributed by atoms with Crippen LogP contribution < -0.4 is 9.62 Å². The summed E-state index contributed by atoms with van der Waals surface area (Å²) in [5.74, 6) is 1.66. The van der Waals surface area contributed by atoms with Crippen LogP contribution in [0.5, 0.6) is 0 Å². The molecule has 2 aromatic rings. The van der Waals surface area contributed by atoms with E-state index in [1.54, 1.807) is 24.3 Å². The van der Waals surface area contributed by atoms with Gasteiger partial charge >= 0.3 is 0 Å². The quantitative estimate of drug-likeness (QED) is 0.921. The number of nitrogens with one attached hydrogen (secondary N) is 1. The van der Waals surface area contributed by atoms with E-state index in [0.29, 0.717) is 5.92 Å². The fourth-order valence-electron chi connectivity index (χ4n) is 2.92. The van der Waals surface area contributed by atoms with E-state index < -0.39 is 10.0 Å². The summed E-state index contributed by atoms with van der Waals surface area (Å²) < 4.78 is 27.3. The van der Waals surface area contributed by atoms with Crippen LogP contribution in [0.25, 0.3) is 0 Å². The lowest BCUT2D eigenvalue weighted by Crippen LogP contribution is -2.34.